The first-order valence-corrected chi connectivity index (χ1v) is 7.77. The van der Waals surface area contributed by atoms with Gasteiger partial charge in [0.1, 0.15) is 5.01 Å². The maximum atomic E-state index is 5.18. The fourth-order valence-electron chi connectivity index (χ4n) is 3.16. The lowest BCUT2D eigenvalue weighted by atomic mass is 9.85. The molecule has 1 heterocycles. The molecule has 0 saturated heterocycles. The second-order valence-electron chi connectivity index (χ2n) is 5.18. The standard InChI is InChI=1S/C14H24N2OS/c1-4-12-6-5-7-14(12,15-8-9-17-3)13-16-11(2)10-18-13/h10,12,15H,4-9H2,1-3H3. The summed E-state index contributed by atoms with van der Waals surface area (Å²) in [6.45, 7) is 6.05. The Kier molecular flexibility index (Phi) is 4.76. The van der Waals surface area contributed by atoms with Crippen molar-refractivity contribution in [3.8, 4) is 0 Å². The van der Waals surface area contributed by atoms with Gasteiger partial charge in [0.15, 0.2) is 0 Å². The first kappa shape index (κ1) is 14.0. The van der Waals surface area contributed by atoms with Gasteiger partial charge in [-0.05, 0) is 25.7 Å². The molecule has 2 atom stereocenters. The van der Waals surface area contributed by atoms with Crippen molar-refractivity contribution in [1.82, 2.24) is 10.3 Å². The third-order valence-electron chi connectivity index (χ3n) is 4.06. The van der Waals surface area contributed by atoms with E-state index in [-0.39, 0.29) is 5.54 Å². The second-order valence-corrected chi connectivity index (χ2v) is 6.04. The smallest absolute Gasteiger partial charge is 0.113 e. The Bertz CT molecular complexity index is 380. The number of nitrogens with one attached hydrogen (secondary N) is 1. The molecule has 2 unspecified atom stereocenters. The molecule has 18 heavy (non-hydrogen) atoms. The van der Waals surface area contributed by atoms with Gasteiger partial charge in [-0.3, -0.25) is 0 Å². The van der Waals surface area contributed by atoms with Gasteiger partial charge in [0.25, 0.3) is 0 Å². The van der Waals surface area contributed by atoms with Crippen LogP contribution in [0.1, 0.15) is 43.3 Å². The fraction of sp³-hybridized carbons (Fsp3) is 0.786. The predicted molar refractivity (Wildman–Crippen MR) is 76.0 cm³/mol. The third-order valence-corrected chi connectivity index (χ3v) is 5.20. The summed E-state index contributed by atoms with van der Waals surface area (Å²) < 4.78 is 5.18. The molecule has 0 amide bonds. The third kappa shape index (κ3) is 2.60. The van der Waals surface area contributed by atoms with Crippen molar-refractivity contribution in [2.45, 2.75) is 45.1 Å². The normalized spacial score (nSPS) is 27.8. The Morgan fingerprint density at radius 2 is 2.44 bits per heavy atom. The van der Waals surface area contributed by atoms with E-state index in [4.69, 9.17) is 9.72 Å². The summed E-state index contributed by atoms with van der Waals surface area (Å²) in [5.74, 6) is 0.708. The lowest BCUT2D eigenvalue weighted by Crippen LogP contribution is -2.46. The number of rotatable bonds is 6. The zero-order chi connectivity index (χ0) is 13.0. The molecule has 0 aromatic carbocycles. The van der Waals surface area contributed by atoms with Crippen LogP contribution in [0, 0.1) is 12.8 Å². The van der Waals surface area contributed by atoms with Gasteiger partial charge in [0.2, 0.25) is 0 Å². The molecular formula is C14H24N2OS. The number of hydrogen-bond donors (Lipinski definition) is 1. The van der Waals surface area contributed by atoms with E-state index in [9.17, 15) is 0 Å². The number of thiazole rings is 1. The van der Waals surface area contributed by atoms with E-state index in [1.165, 1.54) is 30.7 Å². The van der Waals surface area contributed by atoms with E-state index in [2.05, 4.69) is 24.5 Å². The molecule has 1 aromatic heterocycles. The minimum absolute atomic E-state index is 0.103. The van der Waals surface area contributed by atoms with Gasteiger partial charge >= 0.3 is 0 Å². The summed E-state index contributed by atoms with van der Waals surface area (Å²) in [6, 6.07) is 0. The maximum Gasteiger partial charge on any atom is 0.113 e. The molecule has 3 nitrogen and oxygen atoms in total. The van der Waals surface area contributed by atoms with Crippen molar-refractivity contribution in [3.63, 3.8) is 0 Å². The van der Waals surface area contributed by atoms with E-state index < -0.39 is 0 Å². The average Bonchev–Trinajstić information content (AvgIpc) is 2.96. The van der Waals surface area contributed by atoms with Crippen molar-refractivity contribution in [3.05, 3.63) is 16.1 Å². The zero-order valence-corrected chi connectivity index (χ0v) is 12.5. The largest absolute Gasteiger partial charge is 0.383 e. The molecule has 1 aromatic rings. The molecule has 4 heteroatoms. The quantitative estimate of drug-likeness (QED) is 0.805. The van der Waals surface area contributed by atoms with Gasteiger partial charge in [0, 0.05) is 24.7 Å². The highest BCUT2D eigenvalue weighted by Gasteiger charge is 2.44. The van der Waals surface area contributed by atoms with Crippen molar-refractivity contribution in [1.29, 1.82) is 0 Å². The Labute approximate surface area is 114 Å². The first-order chi connectivity index (χ1) is 8.73. The Balaban J connectivity index is 2.21. The molecule has 0 aliphatic heterocycles. The molecule has 1 N–H and O–H groups in total. The SMILES string of the molecule is CCC1CCCC1(NCCOC)c1nc(C)cs1. The molecule has 0 bridgehead atoms. The van der Waals surface area contributed by atoms with Crippen LogP contribution in [-0.2, 0) is 10.3 Å². The highest BCUT2D eigenvalue weighted by molar-refractivity contribution is 7.09. The zero-order valence-electron chi connectivity index (χ0n) is 11.7. The van der Waals surface area contributed by atoms with Crippen LogP contribution in [0.3, 0.4) is 0 Å². The summed E-state index contributed by atoms with van der Waals surface area (Å²) in [4.78, 5) is 4.76. The van der Waals surface area contributed by atoms with Crippen molar-refractivity contribution < 1.29 is 4.74 Å². The van der Waals surface area contributed by atoms with E-state index >= 15 is 0 Å². The molecule has 2 rings (SSSR count). The molecule has 102 valence electrons. The first-order valence-electron chi connectivity index (χ1n) is 6.89. The Hall–Kier alpha value is -0.450. The number of hydrogen-bond acceptors (Lipinski definition) is 4. The van der Waals surface area contributed by atoms with E-state index in [0.29, 0.717) is 5.92 Å². The molecule has 1 aliphatic rings. The molecule has 0 radical (unpaired) electrons. The average molecular weight is 268 g/mol. The molecule has 1 saturated carbocycles. The van der Waals surface area contributed by atoms with Crippen LogP contribution >= 0.6 is 11.3 Å². The van der Waals surface area contributed by atoms with E-state index in [0.717, 1.165) is 18.8 Å². The summed E-state index contributed by atoms with van der Waals surface area (Å²) in [6.07, 6.45) is 5.05. The molecule has 0 spiro atoms. The van der Waals surface area contributed by atoms with Gasteiger partial charge in [-0.2, -0.15) is 0 Å². The molecular weight excluding hydrogens is 244 g/mol. The van der Waals surface area contributed by atoms with Crippen LogP contribution in [0.25, 0.3) is 0 Å². The highest BCUT2D eigenvalue weighted by atomic mass is 32.1. The topological polar surface area (TPSA) is 34.1 Å². The van der Waals surface area contributed by atoms with Gasteiger partial charge in [0.05, 0.1) is 12.1 Å². The summed E-state index contributed by atoms with van der Waals surface area (Å²) in [5, 5.41) is 7.19. The van der Waals surface area contributed by atoms with E-state index in [1.807, 2.05) is 11.3 Å². The van der Waals surface area contributed by atoms with Gasteiger partial charge in [-0.15, -0.1) is 11.3 Å². The monoisotopic (exact) mass is 268 g/mol. The van der Waals surface area contributed by atoms with Gasteiger partial charge < -0.3 is 10.1 Å². The number of methoxy groups -OCH3 is 1. The van der Waals surface area contributed by atoms with E-state index in [1.54, 1.807) is 7.11 Å². The lowest BCUT2D eigenvalue weighted by molar-refractivity contribution is 0.167. The fourth-order valence-corrected chi connectivity index (χ4v) is 4.24. The Morgan fingerprint density at radius 3 is 3.06 bits per heavy atom. The van der Waals surface area contributed by atoms with Crippen LogP contribution in [0.5, 0.6) is 0 Å². The van der Waals surface area contributed by atoms with Crippen LogP contribution < -0.4 is 5.32 Å². The predicted octanol–water partition coefficient (Wildman–Crippen LogP) is 3.09. The van der Waals surface area contributed by atoms with Crippen LogP contribution in [0.2, 0.25) is 0 Å². The molecule has 1 fully saturated rings. The Morgan fingerprint density at radius 1 is 1.61 bits per heavy atom. The number of ether oxygens (including phenoxy) is 1. The molecule has 1 aliphatic carbocycles. The van der Waals surface area contributed by atoms with Crippen molar-refractivity contribution in [2.75, 3.05) is 20.3 Å². The minimum Gasteiger partial charge on any atom is -0.383 e. The van der Waals surface area contributed by atoms with Crippen LogP contribution in [-0.4, -0.2) is 25.2 Å². The number of nitrogens with zero attached hydrogens (tertiary/aromatic N) is 1. The summed E-state index contributed by atoms with van der Waals surface area (Å²) >= 11 is 1.81. The van der Waals surface area contributed by atoms with Gasteiger partial charge in [-0.25, -0.2) is 4.98 Å². The summed E-state index contributed by atoms with van der Waals surface area (Å²) in [5.41, 5.74) is 1.25. The second kappa shape index (κ2) is 6.13. The number of aryl methyl sites for hydroxylation is 1. The van der Waals surface area contributed by atoms with Crippen molar-refractivity contribution >= 4 is 11.3 Å². The maximum absolute atomic E-state index is 5.18. The van der Waals surface area contributed by atoms with Gasteiger partial charge in [-0.1, -0.05) is 19.8 Å². The minimum atomic E-state index is 0.103. The van der Waals surface area contributed by atoms with Crippen LogP contribution in [0.4, 0.5) is 0 Å². The van der Waals surface area contributed by atoms with Crippen LogP contribution in [0.15, 0.2) is 5.38 Å². The lowest BCUT2D eigenvalue weighted by Gasteiger charge is -2.34. The van der Waals surface area contributed by atoms with Crippen molar-refractivity contribution in [2.24, 2.45) is 5.92 Å². The number of aromatic nitrogens is 1. The highest BCUT2D eigenvalue weighted by Crippen LogP contribution is 2.46. The summed E-state index contributed by atoms with van der Waals surface area (Å²) in [7, 11) is 1.76.